The van der Waals surface area contributed by atoms with Gasteiger partial charge in [-0.15, -0.1) is 0 Å². The molecule has 8 rings (SSSR count). The van der Waals surface area contributed by atoms with Crippen LogP contribution >= 0.6 is 0 Å². The number of oxazole rings is 1. The summed E-state index contributed by atoms with van der Waals surface area (Å²) in [6.45, 7) is 0. The summed E-state index contributed by atoms with van der Waals surface area (Å²) >= 11 is 0. The second-order valence-electron chi connectivity index (χ2n) is 10.4. The minimum Gasteiger partial charge on any atom is -0.423 e. The van der Waals surface area contributed by atoms with E-state index in [-0.39, 0.29) is 11.4 Å². The molecule has 3 aromatic heterocycles. The third-order valence-corrected chi connectivity index (χ3v) is 7.55. The number of nitrogens with zero attached hydrogens (tertiary/aromatic N) is 5. The maximum Gasteiger partial charge on any atom is 0.310 e. The Balaban J connectivity index is 1.22. The standard InChI is InChI=1S/C37H23N5O2/c43-36-30(24-11-4-1-5-12-24)23-42-31-20-19-28(22-32(31)44-37(42)41-36)27-17-10-18-29(21-27)35-39-33(25-13-6-2-7-14-25)38-34(40-35)26-15-8-3-9-16-26/h1-23H. The van der Waals surface area contributed by atoms with Crippen molar-refractivity contribution in [3.05, 3.63) is 150 Å². The van der Waals surface area contributed by atoms with Crippen LogP contribution in [0.4, 0.5) is 0 Å². The Bertz CT molecular complexity index is 2290. The second-order valence-corrected chi connectivity index (χ2v) is 10.4. The number of fused-ring (bicyclic) bond motifs is 3. The second kappa shape index (κ2) is 10.6. The minimum absolute atomic E-state index is 0.252. The Morgan fingerprint density at radius 3 is 1.64 bits per heavy atom. The lowest BCUT2D eigenvalue weighted by Gasteiger charge is -2.09. The first kappa shape index (κ1) is 25.5. The first-order valence-electron chi connectivity index (χ1n) is 14.2. The van der Waals surface area contributed by atoms with E-state index in [1.807, 2.05) is 132 Å². The minimum atomic E-state index is -0.328. The van der Waals surface area contributed by atoms with Gasteiger partial charge >= 0.3 is 5.84 Å². The molecule has 0 aliphatic carbocycles. The summed E-state index contributed by atoms with van der Waals surface area (Å²) in [5.74, 6) is 2.06. The molecule has 0 aliphatic rings. The fourth-order valence-electron chi connectivity index (χ4n) is 5.35. The first-order chi connectivity index (χ1) is 21.7. The average molecular weight is 570 g/mol. The lowest BCUT2D eigenvalue weighted by Crippen LogP contribution is -2.10. The topological polar surface area (TPSA) is 86.2 Å². The van der Waals surface area contributed by atoms with Gasteiger partial charge in [-0.1, -0.05) is 115 Å². The molecule has 0 unspecified atom stereocenters. The van der Waals surface area contributed by atoms with E-state index in [0.29, 0.717) is 28.6 Å². The van der Waals surface area contributed by atoms with Crippen LogP contribution in [0.15, 0.2) is 149 Å². The molecule has 0 bridgehead atoms. The molecule has 0 atom stereocenters. The van der Waals surface area contributed by atoms with E-state index in [2.05, 4.69) is 11.1 Å². The van der Waals surface area contributed by atoms with Gasteiger partial charge in [0.25, 0.3) is 5.56 Å². The molecule has 0 saturated carbocycles. The molecule has 0 radical (unpaired) electrons. The molecule has 44 heavy (non-hydrogen) atoms. The summed E-state index contributed by atoms with van der Waals surface area (Å²) in [7, 11) is 0. The van der Waals surface area contributed by atoms with E-state index in [4.69, 9.17) is 19.4 Å². The van der Waals surface area contributed by atoms with Crippen molar-refractivity contribution >= 4 is 16.9 Å². The monoisotopic (exact) mass is 569 g/mol. The van der Waals surface area contributed by atoms with E-state index >= 15 is 0 Å². The third kappa shape index (κ3) is 4.62. The smallest absolute Gasteiger partial charge is 0.310 e. The Hall–Kier alpha value is -6.21. The largest absolute Gasteiger partial charge is 0.423 e. The maximum atomic E-state index is 12.8. The zero-order valence-electron chi connectivity index (χ0n) is 23.3. The van der Waals surface area contributed by atoms with Crippen LogP contribution in [0.25, 0.3) is 73.4 Å². The van der Waals surface area contributed by atoms with Gasteiger partial charge in [-0.2, -0.15) is 4.98 Å². The van der Waals surface area contributed by atoms with Crippen LogP contribution in [0, 0.1) is 0 Å². The summed E-state index contributed by atoms with van der Waals surface area (Å²) in [5, 5.41) is 0. The lowest BCUT2D eigenvalue weighted by atomic mass is 10.0. The number of rotatable bonds is 5. The van der Waals surface area contributed by atoms with Crippen molar-refractivity contribution in [1.82, 2.24) is 24.3 Å². The van der Waals surface area contributed by atoms with Crippen molar-refractivity contribution in [2.75, 3.05) is 0 Å². The molecule has 0 saturated heterocycles. The van der Waals surface area contributed by atoms with Crippen LogP contribution in [0.1, 0.15) is 0 Å². The molecule has 0 N–H and O–H groups in total. The van der Waals surface area contributed by atoms with Gasteiger partial charge in [0.2, 0.25) is 0 Å². The van der Waals surface area contributed by atoms with Crippen molar-refractivity contribution in [1.29, 1.82) is 0 Å². The molecule has 0 amide bonds. The Kier molecular flexibility index (Phi) is 6.12. The molecule has 3 heterocycles. The van der Waals surface area contributed by atoms with Gasteiger partial charge in [0.1, 0.15) is 0 Å². The van der Waals surface area contributed by atoms with Crippen molar-refractivity contribution in [3.8, 4) is 56.4 Å². The molecule has 0 aliphatic heterocycles. The van der Waals surface area contributed by atoms with Crippen LogP contribution < -0.4 is 5.56 Å². The summed E-state index contributed by atoms with van der Waals surface area (Å²) < 4.78 is 7.87. The summed E-state index contributed by atoms with van der Waals surface area (Å²) in [5.41, 5.74) is 7.07. The van der Waals surface area contributed by atoms with E-state index in [1.54, 1.807) is 6.20 Å². The average Bonchev–Trinajstić information content (AvgIpc) is 3.45. The fourth-order valence-corrected chi connectivity index (χ4v) is 5.35. The molecular formula is C37H23N5O2. The highest BCUT2D eigenvalue weighted by Crippen LogP contribution is 2.31. The third-order valence-electron chi connectivity index (χ3n) is 7.55. The van der Waals surface area contributed by atoms with Crippen LogP contribution in [0.2, 0.25) is 0 Å². The predicted octanol–water partition coefficient (Wildman–Crippen LogP) is 7.96. The van der Waals surface area contributed by atoms with Crippen molar-refractivity contribution in [2.24, 2.45) is 0 Å². The zero-order chi connectivity index (χ0) is 29.5. The van der Waals surface area contributed by atoms with Gasteiger partial charge in [0, 0.05) is 22.9 Å². The molecule has 7 heteroatoms. The molecule has 5 aromatic carbocycles. The van der Waals surface area contributed by atoms with Crippen LogP contribution in [-0.2, 0) is 0 Å². The van der Waals surface area contributed by atoms with E-state index in [9.17, 15) is 4.79 Å². The Labute approximate surface area is 251 Å². The summed E-state index contributed by atoms with van der Waals surface area (Å²) in [6.07, 6.45) is 1.79. The van der Waals surface area contributed by atoms with Gasteiger partial charge < -0.3 is 4.42 Å². The van der Waals surface area contributed by atoms with Gasteiger partial charge in [-0.25, -0.2) is 15.0 Å². The van der Waals surface area contributed by atoms with Gasteiger partial charge in [-0.3, -0.25) is 9.20 Å². The Morgan fingerprint density at radius 2 is 1.00 bits per heavy atom. The molecular weight excluding hydrogens is 546 g/mol. The van der Waals surface area contributed by atoms with Gasteiger partial charge in [0.15, 0.2) is 23.1 Å². The van der Waals surface area contributed by atoms with E-state index in [1.165, 1.54) is 0 Å². The molecule has 0 fully saturated rings. The maximum absolute atomic E-state index is 12.8. The number of hydrogen-bond donors (Lipinski definition) is 0. The highest BCUT2D eigenvalue weighted by atomic mass is 16.4. The molecule has 208 valence electrons. The normalized spacial score (nSPS) is 11.3. The van der Waals surface area contributed by atoms with Crippen molar-refractivity contribution in [3.63, 3.8) is 0 Å². The SMILES string of the molecule is O=c1nc2oc3cc(-c4cccc(-c5nc(-c6ccccc6)nc(-c6ccccc6)n5)c4)ccc3n2cc1-c1ccccc1. The summed E-state index contributed by atoms with van der Waals surface area (Å²) in [4.78, 5) is 31.6. The molecule has 8 aromatic rings. The number of aromatic nitrogens is 5. The van der Waals surface area contributed by atoms with Gasteiger partial charge in [-0.05, 0) is 34.9 Å². The number of benzene rings is 5. The number of hydrogen-bond acceptors (Lipinski definition) is 6. The van der Waals surface area contributed by atoms with E-state index in [0.717, 1.165) is 38.9 Å². The van der Waals surface area contributed by atoms with Crippen LogP contribution in [0.3, 0.4) is 0 Å². The highest BCUT2D eigenvalue weighted by molar-refractivity contribution is 5.84. The predicted molar refractivity (Wildman–Crippen MR) is 172 cm³/mol. The van der Waals surface area contributed by atoms with Gasteiger partial charge in [0.05, 0.1) is 11.1 Å². The lowest BCUT2D eigenvalue weighted by molar-refractivity contribution is 0.634. The molecule has 0 spiro atoms. The van der Waals surface area contributed by atoms with Crippen molar-refractivity contribution < 1.29 is 4.42 Å². The summed E-state index contributed by atoms with van der Waals surface area (Å²) in [6, 6.07) is 43.5. The highest BCUT2D eigenvalue weighted by Gasteiger charge is 2.15. The van der Waals surface area contributed by atoms with Crippen LogP contribution in [0.5, 0.6) is 0 Å². The van der Waals surface area contributed by atoms with Crippen molar-refractivity contribution in [2.45, 2.75) is 0 Å². The quantitative estimate of drug-likeness (QED) is 0.209. The fraction of sp³-hybridized carbons (Fsp3) is 0. The Morgan fingerprint density at radius 1 is 0.477 bits per heavy atom. The molecule has 7 nitrogen and oxygen atoms in total. The van der Waals surface area contributed by atoms with E-state index < -0.39 is 0 Å². The first-order valence-corrected chi connectivity index (χ1v) is 14.2. The zero-order valence-corrected chi connectivity index (χ0v) is 23.3. The van der Waals surface area contributed by atoms with Crippen LogP contribution in [-0.4, -0.2) is 24.3 Å².